The SMILES string of the molecule is CCC(C)(C)C1CCC(NC(=O)OC(C)(C)C)C(CC(=O)O)C1. The predicted octanol–water partition coefficient (Wildman–Crippen LogP) is 4.21. The number of hydrogen-bond acceptors (Lipinski definition) is 3. The minimum Gasteiger partial charge on any atom is -0.481 e. The maximum absolute atomic E-state index is 12.0. The Labute approximate surface area is 140 Å². The Balaban J connectivity index is 2.75. The normalized spacial score (nSPS) is 25.7. The molecule has 0 saturated heterocycles. The fraction of sp³-hybridized carbons (Fsp3) is 0.889. The second-order valence-corrected chi connectivity index (χ2v) is 8.46. The first-order valence-corrected chi connectivity index (χ1v) is 8.66. The van der Waals surface area contributed by atoms with Crippen LogP contribution < -0.4 is 5.32 Å². The predicted molar refractivity (Wildman–Crippen MR) is 90.3 cm³/mol. The van der Waals surface area contributed by atoms with Gasteiger partial charge in [0.2, 0.25) is 0 Å². The number of alkyl carbamates (subject to hydrolysis) is 1. The summed E-state index contributed by atoms with van der Waals surface area (Å²) in [5.74, 6) is -0.348. The number of nitrogens with one attached hydrogen (secondary N) is 1. The highest BCUT2D eigenvalue weighted by atomic mass is 16.6. The van der Waals surface area contributed by atoms with Crippen molar-refractivity contribution in [3.8, 4) is 0 Å². The lowest BCUT2D eigenvalue weighted by Crippen LogP contribution is -2.47. The molecule has 5 nitrogen and oxygen atoms in total. The summed E-state index contributed by atoms with van der Waals surface area (Å²) in [5.41, 5.74) is -0.346. The van der Waals surface area contributed by atoms with E-state index >= 15 is 0 Å². The van der Waals surface area contributed by atoms with Gasteiger partial charge in [-0.3, -0.25) is 4.79 Å². The first kappa shape index (κ1) is 19.8. The van der Waals surface area contributed by atoms with Crippen molar-refractivity contribution in [3.05, 3.63) is 0 Å². The summed E-state index contributed by atoms with van der Waals surface area (Å²) in [4.78, 5) is 23.2. The van der Waals surface area contributed by atoms with E-state index in [2.05, 4.69) is 26.1 Å². The van der Waals surface area contributed by atoms with E-state index < -0.39 is 17.7 Å². The molecule has 0 aromatic rings. The Kier molecular flexibility index (Phi) is 6.49. The highest BCUT2D eigenvalue weighted by molar-refractivity contribution is 5.69. The molecule has 5 heteroatoms. The number of carboxylic acids is 1. The number of aliphatic carboxylic acids is 1. The Morgan fingerprint density at radius 1 is 1.17 bits per heavy atom. The van der Waals surface area contributed by atoms with Crippen LogP contribution in [0.4, 0.5) is 4.79 Å². The van der Waals surface area contributed by atoms with Gasteiger partial charge in [0.15, 0.2) is 0 Å². The fourth-order valence-electron chi connectivity index (χ4n) is 3.36. The van der Waals surface area contributed by atoms with Crippen molar-refractivity contribution in [2.75, 3.05) is 0 Å². The number of hydrogen-bond donors (Lipinski definition) is 2. The molecular formula is C18H33NO4. The van der Waals surface area contributed by atoms with E-state index in [1.165, 1.54) is 0 Å². The number of amides is 1. The first-order valence-electron chi connectivity index (χ1n) is 8.66. The Hall–Kier alpha value is -1.26. The molecule has 0 spiro atoms. The zero-order valence-electron chi connectivity index (χ0n) is 15.4. The van der Waals surface area contributed by atoms with E-state index in [4.69, 9.17) is 4.74 Å². The van der Waals surface area contributed by atoms with Crippen molar-refractivity contribution >= 4 is 12.1 Å². The van der Waals surface area contributed by atoms with Gasteiger partial charge >= 0.3 is 12.1 Å². The van der Waals surface area contributed by atoms with Crippen LogP contribution in [-0.4, -0.2) is 28.8 Å². The molecule has 0 aliphatic heterocycles. The molecule has 0 heterocycles. The van der Waals surface area contributed by atoms with Crippen LogP contribution in [0.15, 0.2) is 0 Å². The van der Waals surface area contributed by atoms with E-state index in [-0.39, 0.29) is 23.8 Å². The van der Waals surface area contributed by atoms with Crippen molar-refractivity contribution in [1.82, 2.24) is 5.32 Å². The van der Waals surface area contributed by atoms with Crippen LogP contribution in [0.3, 0.4) is 0 Å². The van der Waals surface area contributed by atoms with Crippen LogP contribution in [0.2, 0.25) is 0 Å². The molecule has 1 saturated carbocycles. The molecule has 0 bridgehead atoms. The zero-order valence-corrected chi connectivity index (χ0v) is 15.4. The third-order valence-corrected chi connectivity index (χ3v) is 5.14. The summed E-state index contributed by atoms with van der Waals surface area (Å²) >= 11 is 0. The molecule has 1 aliphatic carbocycles. The Morgan fingerprint density at radius 2 is 1.78 bits per heavy atom. The van der Waals surface area contributed by atoms with Gasteiger partial charge in [0.05, 0.1) is 6.42 Å². The second-order valence-electron chi connectivity index (χ2n) is 8.46. The lowest BCUT2D eigenvalue weighted by atomic mass is 9.65. The van der Waals surface area contributed by atoms with Gasteiger partial charge < -0.3 is 15.2 Å². The molecule has 23 heavy (non-hydrogen) atoms. The van der Waals surface area contributed by atoms with Gasteiger partial charge in [-0.2, -0.15) is 0 Å². The monoisotopic (exact) mass is 327 g/mol. The Morgan fingerprint density at radius 3 is 2.26 bits per heavy atom. The quantitative estimate of drug-likeness (QED) is 0.793. The lowest BCUT2D eigenvalue weighted by Gasteiger charge is -2.43. The maximum atomic E-state index is 12.0. The van der Waals surface area contributed by atoms with E-state index in [0.29, 0.717) is 5.92 Å². The molecule has 134 valence electrons. The number of rotatable bonds is 5. The number of ether oxygens (including phenoxy) is 1. The second kappa shape index (κ2) is 7.54. The molecular weight excluding hydrogens is 294 g/mol. The van der Waals surface area contributed by atoms with Gasteiger partial charge in [0.25, 0.3) is 0 Å². The highest BCUT2D eigenvalue weighted by Crippen LogP contribution is 2.43. The van der Waals surface area contributed by atoms with E-state index in [1.54, 1.807) is 0 Å². The molecule has 1 aliphatic rings. The standard InChI is InChI=1S/C18H33NO4/c1-7-18(5,6)13-8-9-14(12(10-13)11-15(20)21)19-16(22)23-17(2,3)4/h12-14H,7-11H2,1-6H3,(H,19,22)(H,20,21). The first-order chi connectivity index (χ1) is 10.4. The van der Waals surface area contributed by atoms with E-state index in [0.717, 1.165) is 25.7 Å². The number of carbonyl (C=O) groups is 2. The fourth-order valence-corrected chi connectivity index (χ4v) is 3.36. The van der Waals surface area contributed by atoms with Gasteiger partial charge in [0.1, 0.15) is 5.60 Å². The molecule has 1 fully saturated rings. The maximum Gasteiger partial charge on any atom is 0.407 e. The minimum atomic E-state index is -0.805. The molecule has 0 aromatic heterocycles. The molecule has 3 atom stereocenters. The van der Waals surface area contributed by atoms with Gasteiger partial charge in [-0.15, -0.1) is 0 Å². The molecule has 1 amide bonds. The summed E-state index contributed by atoms with van der Waals surface area (Å²) in [6.07, 6.45) is 3.38. The zero-order chi connectivity index (χ0) is 17.8. The lowest BCUT2D eigenvalue weighted by molar-refractivity contribution is -0.139. The van der Waals surface area contributed by atoms with Crippen molar-refractivity contribution in [2.24, 2.45) is 17.3 Å². The topological polar surface area (TPSA) is 75.6 Å². The van der Waals surface area contributed by atoms with Crippen LogP contribution in [0.25, 0.3) is 0 Å². The molecule has 0 aromatic carbocycles. The third-order valence-electron chi connectivity index (χ3n) is 5.14. The van der Waals surface area contributed by atoms with Crippen LogP contribution >= 0.6 is 0 Å². The van der Waals surface area contributed by atoms with Crippen molar-refractivity contribution < 1.29 is 19.4 Å². The summed E-state index contributed by atoms with van der Waals surface area (Å²) in [7, 11) is 0. The van der Waals surface area contributed by atoms with Gasteiger partial charge in [-0.1, -0.05) is 27.2 Å². The van der Waals surface area contributed by atoms with Gasteiger partial charge in [-0.05, 0) is 57.3 Å². The third kappa shape index (κ3) is 6.40. The average molecular weight is 327 g/mol. The molecule has 0 radical (unpaired) electrons. The average Bonchev–Trinajstić information content (AvgIpc) is 2.37. The molecule has 1 rings (SSSR count). The molecule has 3 unspecified atom stereocenters. The summed E-state index contributed by atoms with van der Waals surface area (Å²) in [6, 6.07) is -0.121. The smallest absolute Gasteiger partial charge is 0.407 e. The van der Waals surface area contributed by atoms with E-state index in [9.17, 15) is 14.7 Å². The van der Waals surface area contributed by atoms with Crippen LogP contribution in [0.1, 0.15) is 73.6 Å². The summed E-state index contributed by atoms with van der Waals surface area (Å²) < 4.78 is 5.31. The van der Waals surface area contributed by atoms with E-state index in [1.807, 2.05) is 20.8 Å². The van der Waals surface area contributed by atoms with Crippen LogP contribution in [-0.2, 0) is 9.53 Å². The van der Waals surface area contributed by atoms with Crippen LogP contribution in [0, 0.1) is 17.3 Å². The number of carboxylic acid groups (broad SMARTS) is 1. The van der Waals surface area contributed by atoms with Crippen LogP contribution in [0.5, 0.6) is 0 Å². The summed E-state index contributed by atoms with van der Waals surface area (Å²) in [6.45, 7) is 12.1. The Bertz CT molecular complexity index is 425. The number of carbonyl (C=O) groups excluding carboxylic acids is 1. The highest BCUT2D eigenvalue weighted by Gasteiger charge is 2.39. The van der Waals surface area contributed by atoms with Crippen molar-refractivity contribution in [2.45, 2.75) is 85.3 Å². The van der Waals surface area contributed by atoms with Crippen molar-refractivity contribution in [3.63, 3.8) is 0 Å². The largest absolute Gasteiger partial charge is 0.481 e. The minimum absolute atomic E-state index is 0.0374. The van der Waals surface area contributed by atoms with Crippen molar-refractivity contribution in [1.29, 1.82) is 0 Å². The molecule has 2 N–H and O–H groups in total. The van der Waals surface area contributed by atoms with Gasteiger partial charge in [0, 0.05) is 6.04 Å². The summed E-state index contributed by atoms with van der Waals surface area (Å²) in [5, 5.41) is 12.1. The van der Waals surface area contributed by atoms with Gasteiger partial charge in [-0.25, -0.2) is 4.79 Å².